The molecule has 0 aromatic heterocycles. The van der Waals surface area contributed by atoms with E-state index < -0.39 is 0 Å². The van der Waals surface area contributed by atoms with E-state index in [2.05, 4.69) is 15.9 Å². The van der Waals surface area contributed by atoms with Crippen LogP contribution in [-0.4, -0.2) is 11.8 Å². The molecule has 2 fully saturated rings. The Balaban J connectivity index is 2.05. The van der Waals surface area contributed by atoms with Gasteiger partial charge in [-0.15, -0.1) is 0 Å². The smallest absolute Gasteiger partial charge is 0.237 e. The summed E-state index contributed by atoms with van der Waals surface area (Å²) in [4.78, 5) is 26.1. The van der Waals surface area contributed by atoms with Crippen LogP contribution in [0.3, 0.4) is 0 Å². The van der Waals surface area contributed by atoms with Crippen molar-refractivity contribution in [1.82, 2.24) is 0 Å². The van der Waals surface area contributed by atoms with Crippen molar-refractivity contribution in [2.24, 2.45) is 11.8 Å². The zero-order valence-corrected chi connectivity index (χ0v) is 11.7. The van der Waals surface area contributed by atoms with E-state index in [-0.39, 0.29) is 23.7 Å². The molecule has 1 aromatic rings. The van der Waals surface area contributed by atoms with Gasteiger partial charge in [0.1, 0.15) is 0 Å². The molecule has 3 rings (SSSR count). The molecule has 3 nitrogen and oxygen atoms in total. The Labute approximate surface area is 114 Å². The van der Waals surface area contributed by atoms with Crippen LogP contribution in [-0.2, 0) is 9.59 Å². The van der Waals surface area contributed by atoms with Crippen molar-refractivity contribution in [3.63, 3.8) is 0 Å². The molecule has 1 saturated carbocycles. The summed E-state index contributed by atoms with van der Waals surface area (Å²) in [5, 5.41) is 0. The number of carbonyl (C=O) groups excluding carboxylic acids is 2. The molecule has 1 heterocycles. The van der Waals surface area contributed by atoms with Crippen LogP contribution in [0.1, 0.15) is 24.8 Å². The van der Waals surface area contributed by atoms with Gasteiger partial charge in [-0.2, -0.15) is 0 Å². The van der Waals surface area contributed by atoms with Crippen LogP contribution >= 0.6 is 15.9 Å². The van der Waals surface area contributed by atoms with Gasteiger partial charge in [0.15, 0.2) is 0 Å². The Kier molecular flexibility index (Phi) is 2.77. The van der Waals surface area contributed by atoms with Gasteiger partial charge in [0.05, 0.1) is 17.5 Å². The zero-order valence-electron chi connectivity index (χ0n) is 10.1. The number of hydrogen-bond donors (Lipinski definition) is 0. The normalized spacial score (nSPS) is 26.9. The number of rotatable bonds is 1. The molecule has 0 spiro atoms. The Morgan fingerprint density at radius 1 is 1.17 bits per heavy atom. The highest BCUT2D eigenvalue weighted by atomic mass is 79.9. The highest BCUT2D eigenvalue weighted by molar-refractivity contribution is 9.10. The van der Waals surface area contributed by atoms with Crippen molar-refractivity contribution in [3.8, 4) is 0 Å². The summed E-state index contributed by atoms with van der Waals surface area (Å²) < 4.78 is 0.801. The molecule has 2 unspecified atom stereocenters. The number of imide groups is 1. The lowest BCUT2D eigenvalue weighted by Gasteiger charge is -2.18. The van der Waals surface area contributed by atoms with Crippen LogP contribution in [0, 0.1) is 18.8 Å². The number of halogens is 1. The molecule has 0 N–H and O–H groups in total. The highest BCUT2D eigenvalue weighted by Gasteiger charge is 2.50. The van der Waals surface area contributed by atoms with E-state index in [0.717, 1.165) is 29.3 Å². The predicted molar refractivity (Wildman–Crippen MR) is 72.2 cm³/mol. The zero-order chi connectivity index (χ0) is 12.9. The van der Waals surface area contributed by atoms with Crippen molar-refractivity contribution >= 4 is 33.4 Å². The average Bonchev–Trinajstić information content (AvgIpc) is 2.89. The van der Waals surface area contributed by atoms with Crippen LogP contribution < -0.4 is 4.90 Å². The molecule has 1 aromatic carbocycles. The van der Waals surface area contributed by atoms with E-state index in [1.54, 1.807) is 0 Å². The van der Waals surface area contributed by atoms with E-state index in [1.165, 1.54) is 4.90 Å². The van der Waals surface area contributed by atoms with Gasteiger partial charge in [0.2, 0.25) is 11.8 Å². The molecule has 1 aliphatic heterocycles. The maximum atomic E-state index is 12.3. The Bertz CT molecular complexity index is 519. The van der Waals surface area contributed by atoms with Gasteiger partial charge in [-0.3, -0.25) is 9.59 Å². The third kappa shape index (κ3) is 1.62. The predicted octanol–water partition coefficient (Wildman–Crippen LogP) is 3.05. The third-order valence-electron chi connectivity index (χ3n) is 3.93. The van der Waals surface area contributed by atoms with E-state index in [4.69, 9.17) is 0 Å². The molecule has 1 aliphatic carbocycles. The molecule has 18 heavy (non-hydrogen) atoms. The lowest BCUT2D eigenvalue weighted by Crippen LogP contribution is -2.31. The van der Waals surface area contributed by atoms with Crippen molar-refractivity contribution in [2.75, 3.05) is 4.90 Å². The van der Waals surface area contributed by atoms with E-state index in [9.17, 15) is 9.59 Å². The van der Waals surface area contributed by atoms with Crippen LogP contribution in [0.25, 0.3) is 0 Å². The van der Waals surface area contributed by atoms with Crippen LogP contribution in [0.5, 0.6) is 0 Å². The Morgan fingerprint density at radius 2 is 1.78 bits per heavy atom. The van der Waals surface area contributed by atoms with Gasteiger partial charge in [-0.25, -0.2) is 4.90 Å². The molecular weight excluding hydrogens is 294 g/mol. The second-order valence-corrected chi connectivity index (χ2v) is 5.96. The summed E-state index contributed by atoms with van der Waals surface area (Å²) in [5.41, 5.74) is 1.74. The molecule has 2 aliphatic rings. The number of fused-ring (bicyclic) bond motifs is 1. The van der Waals surface area contributed by atoms with Gasteiger partial charge in [0.25, 0.3) is 0 Å². The summed E-state index contributed by atoms with van der Waals surface area (Å²) in [6.07, 6.45) is 2.71. The van der Waals surface area contributed by atoms with Crippen LogP contribution in [0.4, 0.5) is 5.69 Å². The van der Waals surface area contributed by atoms with Gasteiger partial charge < -0.3 is 0 Å². The highest BCUT2D eigenvalue weighted by Crippen LogP contribution is 2.43. The first kappa shape index (κ1) is 11.9. The first-order valence-electron chi connectivity index (χ1n) is 6.23. The van der Waals surface area contributed by atoms with E-state index in [1.807, 2.05) is 25.1 Å². The summed E-state index contributed by atoms with van der Waals surface area (Å²) in [7, 11) is 0. The van der Waals surface area contributed by atoms with Gasteiger partial charge in [-0.1, -0.05) is 12.5 Å². The topological polar surface area (TPSA) is 37.4 Å². The number of nitrogens with zero attached hydrogens (tertiary/aromatic N) is 1. The first-order valence-corrected chi connectivity index (χ1v) is 7.03. The average molecular weight is 308 g/mol. The van der Waals surface area contributed by atoms with Crippen molar-refractivity contribution in [2.45, 2.75) is 26.2 Å². The van der Waals surface area contributed by atoms with Crippen molar-refractivity contribution in [1.29, 1.82) is 0 Å². The van der Waals surface area contributed by atoms with Crippen molar-refractivity contribution in [3.05, 3.63) is 28.2 Å². The number of carbonyl (C=O) groups is 2. The van der Waals surface area contributed by atoms with Gasteiger partial charge in [-0.05, 0) is 53.4 Å². The quantitative estimate of drug-likeness (QED) is 0.748. The van der Waals surface area contributed by atoms with Crippen molar-refractivity contribution < 1.29 is 9.59 Å². The second-order valence-electron chi connectivity index (χ2n) is 5.11. The maximum Gasteiger partial charge on any atom is 0.237 e. The van der Waals surface area contributed by atoms with E-state index in [0.29, 0.717) is 5.69 Å². The minimum Gasteiger partial charge on any atom is -0.274 e. The fraction of sp³-hybridized carbons (Fsp3) is 0.429. The fourth-order valence-electron chi connectivity index (χ4n) is 3.02. The minimum atomic E-state index is -0.0788. The number of aryl methyl sites for hydroxylation is 1. The van der Waals surface area contributed by atoms with E-state index >= 15 is 0 Å². The molecule has 2 atom stereocenters. The summed E-state index contributed by atoms with van der Waals surface area (Å²) in [6, 6.07) is 5.74. The van der Waals surface area contributed by atoms with Gasteiger partial charge in [0, 0.05) is 4.47 Å². The summed E-state index contributed by atoms with van der Waals surface area (Å²) >= 11 is 3.43. The standard InChI is InChI=1S/C14H14BrNO2/c1-8-5-6-11(15)12(7-8)16-13(17)9-3-2-4-10(9)14(16)18/h5-7,9-10H,2-4H2,1H3. The minimum absolute atomic E-state index is 0.0196. The molecule has 94 valence electrons. The fourth-order valence-corrected chi connectivity index (χ4v) is 3.45. The first-order chi connectivity index (χ1) is 8.59. The Morgan fingerprint density at radius 3 is 2.39 bits per heavy atom. The largest absolute Gasteiger partial charge is 0.274 e. The number of amides is 2. The lowest BCUT2D eigenvalue weighted by molar-refractivity contribution is -0.122. The molecule has 0 bridgehead atoms. The molecule has 1 saturated heterocycles. The Hall–Kier alpha value is -1.16. The summed E-state index contributed by atoms with van der Waals surface area (Å²) in [5.74, 6) is -0.197. The molecule has 0 radical (unpaired) electrons. The SMILES string of the molecule is Cc1ccc(Br)c(N2C(=O)C3CCCC3C2=O)c1. The lowest BCUT2D eigenvalue weighted by atomic mass is 10.00. The molecular formula is C14H14BrNO2. The molecule has 4 heteroatoms. The maximum absolute atomic E-state index is 12.3. The molecule has 2 amide bonds. The van der Waals surface area contributed by atoms with Crippen LogP contribution in [0.15, 0.2) is 22.7 Å². The number of benzene rings is 1. The number of hydrogen-bond acceptors (Lipinski definition) is 2. The third-order valence-corrected chi connectivity index (χ3v) is 4.60. The summed E-state index contributed by atoms with van der Waals surface area (Å²) in [6.45, 7) is 1.96. The number of anilines is 1. The van der Waals surface area contributed by atoms with Crippen LogP contribution in [0.2, 0.25) is 0 Å². The monoisotopic (exact) mass is 307 g/mol. The van der Waals surface area contributed by atoms with Gasteiger partial charge >= 0.3 is 0 Å². The second kappa shape index (κ2) is 4.19.